The van der Waals surface area contributed by atoms with Crippen LogP contribution in [-0.4, -0.2) is 83.3 Å². The second kappa shape index (κ2) is 19.1. The van der Waals surface area contributed by atoms with Crippen molar-refractivity contribution in [3.05, 3.63) is 83.3 Å². The maximum Gasteiger partial charge on any atom is 0.485 e. The lowest BCUT2D eigenvalue weighted by atomic mass is 9.80. The third-order valence-corrected chi connectivity index (χ3v) is 8.35. The van der Waals surface area contributed by atoms with Crippen LogP contribution in [0.3, 0.4) is 0 Å². The summed E-state index contributed by atoms with van der Waals surface area (Å²) in [5, 5.41) is 24.8. The number of carbonyl (C=O) groups excluding carboxylic acids is 4. The second-order valence-corrected chi connectivity index (χ2v) is 12.8. The van der Waals surface area contributed by atoms with Gasteiger partial charge >= 0.3 is 7.12 Å². The van der Waals surface area contributed by atoms with Gasteiger partial charge in [-0.25, -0.2) is 0 Å². The summed E-state index contributed by atoms with van der Waals surface area (Å²) in [6.07, 6.45) is 4.02. The zero-order valence-corrected chi connectivity index (χ0v) is 27.5. The molecule has 3 rings (SSSR count). The molecule has 0 aromatic heterocycles. The molecule has 0 fully saturated rings. The maximum atomic E-state index is 13.9. The molecule has 4 atom stereocenters. The van der Waals surface area contributed by atoms with Gasteiger partial charge in [0.1, 0.15) is 6.04 Å². The number of nitrogens with two attached hydrogens (primary N) is 2. The predicted molar refractivity (Wildman–Crippen MR) is 182 cm³/mol. The third-order valence-electron chi connectivity index (χ3n) is 8.35. The van der Waals surface area contributed by atoms with E-state index in [4.69, 9.17) is 11.5 Å². The summed E-state index contributed by atoms with van der Waals surface area (Å²) in [6.45, 7) is 4.61. The van der Waals surface area contributed by atoms with Gasteiger partial charge in [-0.15, -0.1) is 0 Å². The number of hydrogen-bond donors (Lipinski definition) is 6. The Bertz CT molecular complexity index is 1340. The lowest BCUT2D eigenvalue weighted by Gasteiger charge is -2.28. The Balaban J connectivity index is 1.76. The van der Waals surface area contributed by atoms with E-state index in [-0.39, 0.29) is 43.5 Å². The van der Waals surface area contributed by atoms with Crippen molar-refractivity contribution in [3.8, 4) is 0 Å². The molecular weight excluding hydrogens is 597 g/mol. The van der Waals surface area contributed by atoms with Crippen molar-refractivity contribution in [2.45, 2.75) is 76.9 Å². The fraction of sp³-hybridized carbons (Fsp3) is 0.486. The van der Waals surface area contributed by atoms with Crippen LogP contribution in [0.5, 0.6) is 0 Å². The minimum Gasteiger partial charge on any atom is -0.423 e. The molecule has 0 radical (unpaired) electrons. The van der Waals surface area contributed by atoms with Crippen LogP contribution in [0, 0.1) is 11.8 Å². The standard InChI is InChI=1S/C35H50BN5O6/c1-24(2)19-27(33(43)39-30(15-9-10-17-37)35(45)41-18-16-28(23-41)36(46)47)22-32(42)31(21-26-13-7-4-8-14-26)40-34(44)29(38)20-25-11-5-3-6-12-25/h3-8,11-14,16,24,27,29-31,46-47H,9-10,15,17-23,37-38H2,1-2H3,(H,39,43)(H,40,44)/t27-,29+,30+,31+/m0/s1. The lowest BCUT2D eigenvalue weighted by molar-refractivity contribution is -0.138. The van der Waals surface area contributed by atoms with Crippen molar-refractivity contribution >= 4 is 30.6 Å². The first-order valence-electron chi connectivity index (χ1n) is 16.5. The fourth-order valence-electron chi connectivity index (χ4n) is 5.76. The average Bonchev–Trinajstić information content (AvgIpc) is 3.55. The third kappa shape index (κ3) is 12.4. The molecule has 0 unspecified atom stereocenters. The molecule has 3 amide bonds. The van der Waals surface area contributed by atoms with Gasteiger partial charge in [0.05, 0.1) is 12.1 Å². The molecule has 11 nitrogen and oxygen atoms in total. The molecule has 0 spiro atoms. The monoisotopic (exact) mass is 647 g/mol. The zero-order valence-electron chi connectivity index (χ0n) is 27.5. The van der Waals surface area contributed by atoms with Gasteiger partial charge in [-0.3, -0.25) is 19.2 Å². The molecule has 2 aromatic rings. The Morgan fingerprint density at radius 1 is 0.872 bits per heavy atom. The Labute approximate surface area is 278 Å². The summed E-state index contributed by atoms with van der Waals surface area (Å²) in [5.74, 6) is -2.18. The highest BCUT2D eigenvalue weighted by Crippen LogP contribution is 2.20. The van der Waals surface area contributed by atoms with Gasteiger partial charge in [-0.05, 0) is 67.6 Å². The van der Waals surface area contributed by atoms with Crippen LogP contribution in [0.1, 0.15) is 57.1 Å². The van der Waals surface area contributed by atoms with Gasteiger partial charge in [-0.1, -0.05) is 80.6 Å². The van der Waals surface area contributed by atoms with Crippen LogP contribution in [0.25, 0.3) is 0 Å². The zero-order chi connectivity index (χ0) is 34.3. The highest BCUT2D eigenvalue weighted by Gasteiger charge is 2.34. The number of benzene rings is 2. The van der Waals surface area contributed by atoms with Crippen LogP contribution in [0.15, 0.2) is 72.2 Å². The summed E-state index contributed by atoms with van der Waals surface area (Å²) in [4.78, 5) is 55.9. The molecule has 0 saturated carbocycles. The summed E-state index contributed by atoms with van der Waals surface area (Å²) in [5.41, 5.74) is 14.0. The molecule has 0 bridgehead atoms. The summed E-state index contributed by atoms with van der Waals surface area (Å²) < 4.78 is 0. The number of nitrogens with one attached hydrogen (secondary N) is 2. The number of unbranched alkanes of at least 4 members (excludes halogenated alkanes) is 1. The van der Waals surface area contributed by atoms with Gasteiger partial charge in [0, 0.05) is 25.4 Å². The maximum absolute atomic E-state index is 13.9. The van der Waals surface area contributed by atoms with Crippen LogP contribution >= 0.6 is 0 Å². The van der Waals surface area contributed by atoms with E-state index in [1.165, 1.54) is 4.90 Å². The molecule has 47 heavy (non-hydrogen) atoms. The van der Waals surface area contributed by atoms with Gasteiger partial charge in [-0.2, -0.15) is 0 Å². The van der Waals surface area contributed by atoms with Gasteiger partial charge < -0.3 is 37.0 Å². The number of Topliss-reactive ketones (excluding diaryl/α,β-unsaturated/α-hetero) is 1. The molecule has 12 heteroatoms. The second-order valence-electron chi connectivity index (χ2n) is 12.8. The van der Waals surface area contributed by atoms with Gasteiger partial charge in [0.25, 0.3) is 0 Å². The Hall–Kier alpha value is -3.84. The highest BCUT2D eigenvalue weighted by atomic mass is 16.4. The van der Waals surface area contributed by atoms with E-state index in [0.717, 1.165) is 11.1 Å². The van der Waals surface area contributed by atoms with Crippen molar-refractivity contribution in [3.63, 3.8) is 0 Å². The molecule has 1 aliphatic rings. The smallest absolute Gasteiger partial charge is 0.423 e. The van der Waals surface area contributed by atoms with Crippen molar-refractivity contribution in [2.75, 3.05) is 19.6 Å². The van der Waals surface area contributed by atoms with E-state index in [9.17, 15) is 29.2 Å². The molecule has 0 aliphatic carbocycles. The van der Waals surface area contributed by atoms with E-state index in [0.29, 0.717) is 44.1 Å². The van der Waals surface area contributed by atoms with E-state index in [2.05, 4.69) is 10.6 Å². The Kier molecular flexibility index (Phi) is 15.3. The molecule has 1 heterocycles. The normalized spacial score (nSPS) is 15.4. The first-order chi connectivity index (χ1) is 22.5. The van der Waals surface area contributed by atoms with E-state index in [1.807, 2.05) is 74.5 Å². The fourth-order valence-corrected chi connectivity index (χ4v) is 5.76. The van der Waals surface area contributed by atoms with Crippen LogP contribution in [-0.2, 0) is 32.0 Å². The molecular formula is C35H50BN5O6. The number of rotatable bonds is 19. The number of ketones is 1. The number of amides is 3. The first-order valence-corrected chi connectivity index (χ1v) is 16.5. The Morgan fingerprint density at radius 2 is 1.47 bits per heavy atom. The average molecular weight is 648 g/mol. The molecule has 2 aromatic carbocycles. The summed E-state index contributed by atoms with van der Waals surface area (Å²) in [6, 6.07) is 16.1. The predicted octanol–water partition coefficient (Wildman–Crippen LogP) is 1.30. The first kappa shape index (κ1) is 37.6. The van der Waals surface area contributed by atoms with Gasteiger partial charge in [0.2, 0.25) is 17.7 Å². The summed E-state index contributed by atoms with van der Waals surface area (Å²) in [7, 11) is -1.66. The molecule has 8 N–H and O–H groups in total. The van der Waals surface area contributed by atoms with Crippen molar-refractivity contribution in [1.82, 2.24) is 15.5 Å². The van der Waals surface area contributed by atoms with E-state index >= 15 is 0 Å². The largest absolute Gasteiger partial charge is 0.485 e. The minimum absolute atomic E-state index is 0.0565. The molecule has 1 aliphatic heterocycles. The number of hydrogen-bond acceptors (Lipinski definition) is 8. The quantitative estimate of drug-likeness (QED) is 0.0972. The SMILES string of the molecule is CC(C)C[C@@H](CC(=O)[C@@H](Cc1ccccc1)NC(=O)[C@H](N)Cc1ccccc1)C(=O)N[C@H](CCCCN)C(=O)N1CC=C(B(O)O)C1. The van der Waals surface area contributed by atoms with E-state index in [1.54, 1.807) is 6.08 Å². The number of carbonyl (C=O) groups is 4. The lowest BCUT2D eigenvalue weighted by Crippen LogP contribution is -2.52. The Morgan fingerprint density at radius 3 is 2.02 bits per heavy atom. The van der Waals surface area contributed by atoms with Crippen LogP contribution in [0.2, 0.25) is 0 Å². The van der Waals surface area contributed by atoms with E-state index < -0.39 is 43.0 Å². The molecule has 254 valence electrons. The van der Waals surface area contributed by atoms with Crippen molar-refractivity contribution < 1.29 is 29.2 Å². The van der Waals surface area contributed by atoms with Crippen molar-refractivity contribution in [1.29, 1.82) is 0 Å². The molecule has 0 saturated heterocycles. The minimum atomic E-state index is -1.66. The summed E-state index contributed by atoms with van der Waals surface area (Å²) >= 11 is 0. The van der Waals surface area contributed by atoms with Crippen molar-refractivity contribution in [2.24, 2.45) is 23.3 Å². The topological polar surface area (TPSA) is 188 Å². The van der Waals surface area contributed by atoms with Gasteiger partial charge in [0.15, 0.2) is 5.78 Å². The highest BCUT2D eigenvalue weighted by molar-refractivity contribution is 6.51. The van der Waals surface area contributed by atoms with Crippen LogP contribution in [0.4, 0.5) is 0 Å². The van der Waals surface area contributed by atoms with Crippen LogP contribution < -0.4 is 22.1 Å². The number of nitrogens with zero attached hydrogens (tertiary/aromatic N) is 1.